The molecule has 34 heavy (non-hydrogen) atoms. The second-order valence-electron chi connectivity index (χ2n) is 7.39. The maximum atomic E-state index is 12.8. The van der Waals surface area contributed by atoms with E-state index in [1.54, 1.807) is 68.6 Å². The lowest BCUT2D eigenvalue weighted by atomic mass is 10.1. The van der Waals surface area contributed by atoms with Gasteiger partial charge in [-0.2, -0.15) is 5.10 Å². The fourth-order valence-electron chi connectivity index (χ4n) is 3.30. The number of aromatic nitrogens is 1. The van der Waals surface area contributed by atoms with Crippen molar-refractivity contribution in [1.29, 1.82) is 0 Å². The van der Waals surface area contributed by atoms with Crippen molar-refractivity contribution < 1.29 is 19.1 Å². The zero-order valence-corrected chi connectivity index (χ0v) is 18.8. The van der Waals surface area contributed by atoms with Crippen LogP contribution >= 0.6 is 0 Å². The highest BCUT2D eigenvalue weighted by atomic mass is 16.5. The molecular weight excluding hydrogens is 430 g/mol. The average molecular weight is 453 g/mol. The maximum Gasteiger partial charge on any atom is 0.343 e. The summed E-state index contributed by atoms with van der Waals surface area (Å²) in [7, 11) is 1.56. The Hall–Kier alpha value is -4.65. The van der Waals surface area contributed by atoms with Crippen molar-refractivity contribution in [2.24, 2.45) is 5.10 Å². The van der Waals surface area contributed by atoms with E-state index in [2.05, 4.69) is 10.5 Å². The molecular formula is C27H23N3O4. The summed E-state index contributed by atoms with van der Waals surface area (Å²) in [6.45, 7) is 1.79. The van der Waals surface area contributed by atoms with Crippen molar-refractivity contribution in [1.82, 2.24) is 9.99 Å². The average Bonchev–Trinajstić information content (AvgIpc) is 3.42. The van der Waals surface area contributed by atoms with Crippen molar-refractivity contribution in [2.45, 2.75) is 6.92 Å². The first-order valence-electron chi connectivity index (χ1n) is 10.6. The normalized spacial score (nSPS) is 11.1. The summed E-state index contributed by atoms with van der Waals surface area (Å²) < 4.78 is 12.4. The number of hydrogen-bond donors (Lipinski definition) is 1. The Morgan fingerprint density at radius 3 is 2.09 bits per heavy atom. The van der Waals surface area contributed by atoms with Crippen LogP contribution < -0.4 is 14.9 Å². The van der Waals surface area contributed by atoms with E-state index in [0.717, 1.165) is 11.3 Å². The number of amides is 1. The smallest absolute Gasteiger partial charge is 0.343 e. The van der Waals surface area contributed by atoms with Crippen molar-refractivity contribution >= 4 is 17.6 Å². The number of para-hydroxylation sites is 1. The Balaban J connectivity index is 1.41. The summed E-state index contributed by atoms with van der Waals surface area (Å²) in [4.78, 5) is 25.1. The SMILES string of the molecule is COc1ccc(C(=O)Oc2ccc(C(C)=NNC(=O)c3ccccc3-n3cccc3)cc2)cc1. The highest BCUT2D eigenvalue weighted by Crippen LogP contribution is 2.18. The van der Waals surface area contributed by atoms with Crippen LogP contribution in [0.4, 0.5) is 0 Å². The molecule has 1 heterocycles. The first kappa shape index (κ1) is 22.5. The minimum absolute atomic E-state index is 0.311. The number of hydrogen-bond acceptors (Lipinski definition) is 5. The quantitative estimate of drug-likeness (QED) is 0.188. The number of carbonyl (C=O) groups excluding carboxylic acids is 2. The van der Waals surface area contributed by atoms with Crippen LogP contribution in [0.5, 0.6) is 11.5 Å². The van der Waals surface area contributed by atoms with Crippen molar-refractivity contribution in [2.75, 3.05) is 7.11 Å². The zero-order chi connectivity index (χ0) is 23.9. The number of hydrazone groups is 1. The van der Waals surface area contributed by atoms with Gasteiger partial charge in [0, 0.05) is 12.4 Å². The Bertz CT molecular complexity index is 1310. The van der Waals surface area contributed by atoms with Crippen molar-refractivity contribution in [3.8, 4) is 17.2 Å². The van der Waals surface area contributed by atoms with Crippen LogP contribution in [0.3, 0.4) is 0 Å². The Morgan fingerprint density at radius 1 is 0.794 bits per heavy atom. The van der Waals surface area contributed by atoms with Gasteiger partial charge in [-0.15, -0.1) is 0 Å². The molecule has 1 amide bonds. The Kier molecular flexibility index (Phi) is 6.84. The van der Waals surface area contributed by atoms with Crippen LogP contribution in [0, 0.1) is 0 Å². The lowest BCUT2D eigenvalue weighted by molar-refractivity contribution is 0.0734. The molecule has 0 aliphatic carbocycles. The molecule has 0 spiro atoms. The van der Waals surface area contributed by atoms with Gasteiger partial charge in [-0.3, -0.25) is 4.79 Å². The number of nitrogens with zero attached hydrogens (tertiary/aromatic N) is 2. The fraction of sp³-hybridized carbons (Fsp3) is 0.0741. The summed E-state index contributed by atoms with van der Waals surface area (Å²) in [5.41, 5.74) is 5.71. The third kappa shape index (κ3) is 5.21. The molecule has 0 unspecified atom stereocenters. The van der Waals surface area contributed by atoms with Crippen LogP contribution in [0.15, 0.2) is 102 Å². The van der Waals surface area contributed by atoms with E-state index < -0.39 is 5.97 Å². The first-order chi connectivity index (χ1) is 16.5. The highest BCUT2D eigenvalue weighted by molar-refractivity contribution is 6.02. The molecule has 170 valence electrons. The monoisotopic (exact) mass is 453 g/mol. The van der Waals surface area contributed by atoms with Crippen LogP contribution in [-0.2, 0) is 0 Å². The molecule has 4 rings (SSSR count). The Labute approximate surface area is 197 Å². The number of ether oxygens (including phenoxy) is 2. The number of nitrogens with one attached hydrogen (secondary N) is 1. The van der Waals surface area contributed by atoms with E-state index in [9.17, 15) is 9.59 Å². The standard InChI is InChI=1S/C27H23N3O4/c1-19(28-29-26(31)24-7-3-4-8-25(24)30-17-5-6-18-30)20-9-15-23(16-10-20)34-27(32)21-11-13-22(33-2)14-12-21/h3-18H,1-2H3,(H,29,31). The highest BCUT2D eigenvalue weighted by Gasteiger charge is 2.12. The van der Waals surface area contributed by atoms with Crippen LogP contribution in [0.2, 0.25) is 0 Å². The lowest BCUT2D eigenvalue weighted by Gasteiger charge is -2.10. The molecule has 0 aliphatic rings. The molecule has 0 fully saturated rings. The third-order valence-corrected chi connectivity index (χ3v) is 5.16. The molecule has 4 aromatic rings. The van der Waals surface area contributed by atoms with Gasteiger partial charge in [-0.25, -0.2) is 10.2 Å². The van der Waals surface area contributed by atoms with E-state index >= 15 is 0 Å². The topological polar surface area (TPSA) is 81.9 Å². The van der Waals surface area contributed by atoms with Gasteiger partial charge in [0.25, 0.3) is 5.91 Å². The molecule has 0 saturated heterocycles. The molecule has 1 aromatic heterocycles. The van der Waals surface area contributed by atoms with Gasteiger partial charge < -0.3 is 14.0 Å². The molecule has 7 nitrogen and oxygen atoms in total. The predicted molar refractivity (Wildman–Crippen MR) is 130 cm³/mol. The number of esters is 1. The molecule has 3 aromatic carbocycles. The van der Waals surface area contributed by atoms with Crippen LogP contribution in [0.25, 0.3) is 5.69 Å². The lowest BCUT2D eigenvalue weighted by Crippen LogP contribution is -2.21. The van der Waals surface area contributed by atoms with Gasteiger partial charge in [-0.05, 0) is 85.3 Å². The number of methoxy groups -OCH3 is 1. The molecule has 0 radical (unpaired) electrons. The Morgan fingerprint density at radius 2 is 1.41 bits per heavy atom. The number of rotatable bonds is 7. The second-order valence-corrected chi connectivity index (χ2v) is 7.39. The summed E-state index contributed by atoms with van der Waals surface area (Å²) in [6.07, 6.45) is 3.76. The molecule has 0 bridgehead atoms. The molecule has 1 N–H and O–H groups in total. The van der Waals surface area contributed by atoms with Crippen LogP contribution in [0.1, 0.15) is 33.2 Å². The van der Waals surface area contributed by atoms with Gasteiger partial charge in [0.1, 0.15) is 11.5 Å². The second kappa shape index (κ2) is 10.3. The number of benzene rings is 3. The largest absolute Gasteiger partial charge is 0.497 e. The van der Waals surface area contributed by atoms with Gasteiger partial charge in [0.05, 0.1) is 29.6 Å². The molecule has 0 aliphatic heterocycles. The van der Waals surface area contributed by atoms with Gasteiger partial charge in [0.15, 0.2) is 0 Å². The van der Waals surface area contributed by atoms with Crippen molar-refractivity contribution in [3.05, 3.63) is 114 Å². The van der Waals surface area contributed by atoms with Gasteiger partial charge >= 0.3 is 5.97 Å². The van der Waals surface area contributed by atoms with Crippen molar-refractivity contribution in [3.63, 3.8) is 0 Å². The van der Waals surface area contributed by atoms with Crippen LogP contribution in [-0.4, -0.2) is 29.3 Å². The summed E-state index contributed by atoms with van der Waals surface area (Å²) in [5, 5.41) is 4.24. The summed E-state index contributed by atoms with van der Waals surface area (Å²) >= 11 is 0. The number of carbonyl (C=O) groups is 2. The predicted octanol–water partition coefficient (Wildman–Crippen LogP) is 4.86. The summed E-state index contributed by atoms with van der Waals surface area (Å²) in [5.74, 6) is 0.293. The van der Waals surface area contributed by atoms with E-state index in [4.69, 9.17) is 9.47 Å². The molecule has 7 heteroatoms. The maximum absolute atomic E-state index is 12.8. The molecule has 0 atom stereocenters. The minimum Gasteiger partial charge on any atom is -0.497 e. The van der Waals surface area contributed by atoms with E-state index in [-0.39, 0.29) is 5.91 Å². The van der Waals surface area contributed by atoms with Gasteiger partial charge in [-0.1, -0.05) is 12.1 Å². The first-order valence-corrected chi connectivity index (χ1v) is 10.6. The minimum atomic E-state index is -0.464. The summed E-state index contributed by atoms with van der Waals surface area (Å²) in [6, 6.07) is 24.7. The zero-order valence-electron chi connectivity index (χ0n) is 18.8. The fourth-order valence-corrected chi connectivity index (χ4v) is 3.30. The van der Waals surface area contributed by atoms with E-state index in [1.807, 2.05) is 47.3 Å². The van der Waals surface area contributed by atoms with E-state index in [1.165, 1.54) is 0 Å². The molecule has 0 saturated carbocycles. The third-order valence-electron chi connectivity index (χ3n) is 5.16. The van der Waals surface area contributed by atoms with E-state index in [0.29, 0.717) is 28.3 Å². The van der Waals surface area contributed by atoms with Gasteiger partial charge in [0.2, 0.25) is 0 Å².